The van der Waals surface area contributed by atoms with Gasteiger partial charge >= 0.3 is 0 Å². The number of benzene rings is 1. The zero-order valence-electron chi connectivity index (χ0n) is 11.2. The van der Waals surface area contributed by atoms with Crippen molar-refractivity contribution in [2.75, 3.05) is 14.2 Å². The van der Waals surface area contributed by atoms with Crippen molar-refractivity contribution in [3.05, 3.63) is 71.7 Å². The van der Waals surface area contributed by atoms with E-state index in [-0.39, 0.29) is 0 Å². The minimum Gasteiger partial charge on any atom is -0.504 e. The van der Waals surface area contributed by atoms with Crippen LogP contribution in [0.5, 0.6) is 0 Å². The van der Waals surface area contributed by atoms with Crippen LogP contribution in [0.25, 0.3) is 5.57 Å². The molecule has 0 radical (unpaired) electrons. The van der Waals surface area contributed by atoms with Crippen molar-refractivity contribution in [3.63, 3.8) is 0 Å². The van der Waals surface area contributed by atoms with Crippen LogP contribution in [0.15, 0.2) is 54.9 Å². The van der Waals surface area contributed by atoms with Crippen molar-refractivity contribution in [2.24, 2.45) is 0 Å². The molecule has 0 spiro atoms. The van der Waals surface area contributed by atoms with E-state index in [9.17, 15) is 0 Å². The Labute approximate surface area is 113 Å². The lowest BCUT2D eigenvalue weighted by atomic mass is 9.98. The Morgan fingerprint density at radius 3 is 2.58 bits per heavy atom. The molecule has 0 unspecified atom stereocenters. The number of pyridine rings is 1. The summed E-state index contributed by atoms with van der Waals surface area (Å²) in [4.78, 5) is 4.39. The highest BCUT2D eigenvalue weighted by molar-refractivity contribution is 5.78. The summed E-state index contributed by atoms with van der Waals surface area (Å²) in [7, 11) is 3.33. The molecule has 0 aliphatic heterocycles. The topological polar surface area (TPSA) is 31.4 Å². The summed E-state index contributed by atoms with van der Waals surface area (Å²) in [5.74, 6) is 0. The van der Waals surface area contributed by atoms with Gasteiger partial charge in [-0.05, 0) is 23.3 Å². The molecule has 98 valence electrons. The van der Waals surface area contributed by atoms with Crippen molar-refractivity contribution in [3.8, 4) is 0 Å². The van der Waals surface area contributed by atoms with E-state index in [2.05, 4.69) is 4.98 Å². The maximum atomic E-state index is 5.24. The first kappa shape index (κ1) is 13.3. The summed E-state index contributed by atoms with van der Waals surface area (Å²) in [5, 5.41) is 0. The molecule has 0 aliphatic rings. The first-order valence-electron chi connectivity index (χ1n) is 6.08. The van der Waals surface area contributed by atoms with Gasteiger partial charge in [0.2, 0.25) is 0 Å². The van der Waals surface area contributed by atoms with Gasteiger partial charge in [-0.3, -0.25) is 4.98 Å². The third kappa shape index (κ3) is 3.20. The van der Waals surface area contributed by atoms with Crippen LogP contribution in [-0.2, 0) is 16.1 Å². The van der Waals surface area contributed by atoms with Gasteiger partial charge in [0.15, 0.2) is 0 Å². The van der Waals surface area contributed by atoms with Crippen LogP contribution in [0.1, 0.15) is 16.8 Å². The molecule has 0 N–H and O–H groups in total. The van der Waals surface area contributed by atoms with Crippen LogP contribution in [0.2, 0.25) is 0 Å². The van der Waals surface area contributed by atoms with Crippen LogP contribution in [-0.4, -0.2) is 19.2 Å². The van der Waals surface area contributed by atoms with Crippen LogP contribution in [0, 0.1) is 0 Å². The minimum atomic E-state index is 0.560. The largest absolute Gasteiger partial charge is 0.504 e. The third-order valence-electron chi connectivity index (χ3n) is 2.78. The number of nitrogens with zero attached hydrogens (tertiary/aromatic N) is 1. The summed E-state index contributed by atoms with van der Waals surface area (Å²) >= 11 is 0. The van der Waals surface area contributed by atoms with Gasteiger partial charge in [-0.2, -0.15) is 0 Å². The van der Waals surface area contributed by atoms with Crippen molar-refractivity contribution in [1.82, 2.24) is 4.98 Å². The lowest BCUT2D eigenvalue weighted by molar-refractivity contribution is 0.184. The zero-order valence-corrected chi connectivity index (χ0v) is 11.2. The Balaban J connectivity index is 2.49. The summed E-state index contributed by atoms with van der Waals surface area (Å²) in [6.07, 6.45) is 3.49. The Hall–Kier alpha value is -2.13. The van der Waals surface area contributed by atoms with Crippen LogP contribution < -0.4 is 0 Å². The number of hydrogen-bond donors (Lipinski definition) is 0. The third-order valence-corrected chi connectivity index (χ3v) is 2.78. The van der Waals surface area contributed by atoms with Crippen LogP contribution >= 0.6 is 0 Å². The van der Waals surface area contributed by atoms with Gasteiger partial charge in [0, 0.05) is 18.9 Å². The molecule has 1 heterocycles. The molecule has 0 saturated carbocycles. The fourth-order valence-electron chi connectivity index (χ4n) is 1.97. The Morgan fingerprint density at radius 1 is 1.11 bits per heavy atom. The number of rotatable bonds is 5. The van der Waals surface area contributed by atoms with Gasteiger partial charge in [0.05, 0.1) is 25.7 Å². The highest BCUT2D eigenvalue weighted by Crippen LogP contribution is 2.25. The molecule has 2 aromatic rings. The Kier molecular flexibility index (Phi) is 4.70. The molecular formula is C16H17NO2. The van der Waals surface area contributed by atoms with Crippen molar-refractivity contribution < 1.29 is 9.47 Å². The minimum absolute atomic E-state index is 0.560. The quantitative estimate of drug-likeness (QED) is 0.768. The van der Waals surface area contributed by atoms with Gasteiger partial charge in [0.25, 0.3) is 0 Å². The molecule has 1 aromatic heterocycles. The van der Waals surface area contributed by atoms with Crippen molar-refractivity contribution >= 4 is 5.57 Å². The fourth-order valence-corrected chi connectivity index (χ4v) is 1.97. The summed E-state index contributed by atoms with van der Waals surface area (Å²) < 4.78 is 10.4. The zero-order chi connectivity index (χ0) is 13.5. The first-order valence-corrected chi connectivity index (χ1v) is 6.08. The maximum Gasteiger partial charge on any atom is 0.0924 e. The SMILES string of the molecule is CO/C=C(/c1ccccn1)c1ccccc1COC. The molecule has 3 nitrogen and oxygen atoms in total. The number of ether oxygens (including phenoxy) is 2. The average molecular weight is 255 g/mol. The molecule has 0 fully saturated rings. The fraction of sp³-hybridized carbons (Fsp3) is 0.188. The monoisotopic (exact) mass is 255 g/mol. The average Bonchev–Trinajstić information content (AvgIpc) is 2.47. The normalized spacial score (nSPS) is 11.4. The second-order valence-electron chi connectivity index (χ2n) is 4.07. The number of methoxy groups -OCH3 is 2. The van der Waals surface area contributed by atoms with Crippen molar-refractivity contribution in [1.29, 1.82) is 0 Å². The lowest BCUT2D eigenvalue weighted by Crippen LogP contribution is -1.98. The predicted octanol–water partition coefficient (Wildman–Crippen LogP) is 3.26. The van der Waals surface area contributed by atoms with E-state index in [1.54, 1.807) is 26.7 Å². The van der Waals surface area contributed by atoms with E-state index in [0.29, 0.717) is 6.61 Å². The van der Waals surface area contributed by atoms with E-state index in [1.165, 1.54) is 0 Å². The maximum absolute atomic E-state index is 5.24. The molecule has 1 aromatic carbocycles. The predicted molar refractivity (Wildman–Crippen MR) is 75.5 cm³/mol. The highest BCUT2D eigenvalue weighted by Gasteiger charge is 2.10. The van der Waals surface area contributed by atoms with Crippen molar-refractivity contribution in [2.45, 2.75) is 6.61 Å². The summed E-state index contributed by atoms with van der Waals surface area (Å²) in [6, 6.07) is 13.9. The highest BCUT2D eigenvalue weighted by atomic mass is 16.5. The van der Waals surface area contributed by atoms with Gasteiger partial charge in [-0.25, -0.2) is 0 Å². The van der Waals surface area contributed by atoms with Gasteiger partial charge in [-0.1, -0.05) is 30.3 Å². The van der Waals surface area contributed by atoms with E-state index < -0.39 is 0 Å². The number of hydrogen-bond acceptors (Lipinski definition) is 3. The summed E-state index contributed by atoms with van der Waals surface area (Å²) in [5.41, 5.74) is 4.02. The van der Waals surface area contributed by atoms with Crippen LogP contribution in [0.3, 0.4) is 0 Å². The number of aromatic nitrogens is 1. The van der Waals surface area contributed by atoms with Gasteiger partial charge in [-0.15, -0.1) is 0 Å². The van der Waals surface area contributed by atoms with Gasteiger partial charge < -0.3 is 9.47 Å². The molecule has 3 heteroatoms. The molecule has 0 aliphatic carbocycles. The molecule has 19 heavy (non-hydrogen) atoms. The smallest absolute Gasteiger partial charge is 0.0924 e. The Bertz CT molecular complexity index is 550. The van der Waals surface area contributed by atoms with E-state index in [1.807, 2.05) is 42.5 Å². The second kappa shape index (κ2) is 6.71. The molecule has 0 bridgehead atoms. The van der Waals surface area contributed by atoms with Crippen LogP contribution in [0.4, 0.5) is 0 Å². The molecule has 2 rings (SSSR count). The molecule has 0 saturated heterocycles. The van der Waals surface area contributed by atoms with E-state index in [4.69, 9.17) is 9.47 Å². The molecule has 0 amide bonds. The van der Waals surface area contributed by atoms with E-state index in [0.717, 1.165) is 22.4 Å². The Morgan fingerprint density at radius 2 is 1.89 bits per heavy atom. The summed E-state index contributed by atoms with van der Waals surface area (Å²) in [6.45, 7) is 0.560. The second-order valence-corrected chi connectivity index (χ2v) is 4.07. The molecule has 0 atom stereocenters. The van der Waals surface area contributed by atoms with Gasteiger partial charge in [0.1, 0.15) is 0 Å². The standard InChI is InChI=1S/C16H17NO2/c1-18-11-13-7-3-4-8-14(13)15(12-19-2)16-9-5-6-10-17-16/h3-10,12H,11H2,1-2H3/b15-12+. The van der Waals surface area contributed by atoms with E-state index >= 15 is 0 Å². The molecular weight excluding hydrogens is 238 g/mol. The first-order chi connectivity index (χ1) is 9.36. The lowest BCUT2D eigenvalue weighted by Gasteiger charge is -2.12.